The zero-order valence-electron chi connectivity index (χ0n) is 11.7. The summed E-state index contributed by atoms with van der Waals surface area (Å²) in [6, 6.07) is 10.5. The van der Waals surface area contributed by atoms with E-state index in [1.807, 2.05) is 32.0 Å². The van der Waals surface area contributed by atoms with Crippen molar-refractivity contribution in [1.82, 2.24) is 0 Å². The largest absolute Gasteiger partial charge is 0.495 e. The Morgan fingerprint density at radius 1 is 1.25 bits per heavy atom. The molecule has 4 heteroatoms. The van der Waals surface area contributed by atoms with Crippen LogP contribution in [0.5, 0.6) is 5.75 Å². The van der Waals surface area contributed by atoms with Crippen molar-refractivity contribution >= 4 is 21.6 Å². The Bertz CT molecular complexity index is 615. The van der Waals surface area contributed by atoms with Crippen molar-refractivity contribution in [3.63, 3.8) is 0 Å². The van der Waals surface area contributed by atoms with Crippen LogP contribution in [0.25, 0.3) is 0 Å². The van der Waals surface area contributed by atoms with Crippen molar-refractivity contribution in [3.05, 3.63) is 57.8 Å². The van der Waals surface area contributed by atoms with Crippen molar-refractivity contribution in [1.29, 1.82) is 0 Å². The Balaban J connectivity index is 2.33. The molecule has 0 saturated carbocycles. The van der Waals surface area contributed by atoms with E-state index in [0.717, 1.165) is 21.5 Å². The quantitative estimate of drug-likeness (QED) is 0.840. The Hall–Kier alpha value is -1.55. The Morgan fingerprint density at radius 3 is 2.60 bits per heavy atom. The third-order valence-corrected chi connectivity index (χ3v) is 3.67. The van der Waals surface area contributed by atoms with Gasteiger partial charge in [0.1, 0.15) is 11.6 Å². The van der Waals surface area contributed by atoms with Crippen LogP contribution < -0.4 is 10.1 Å². The van der Waals surface area contributed by atoms with Crippen molar-refractivity contribution in [2.75, 3.05) is 12.4 Å². The molecular formula is C16H17BrFNO. The lowest BCUT2D eigenvalue weighted by atomic mass is 10.1. The summed E-state index contributed by atoms with van der Waals surface area (Å²) < 4.78 is 20.2. The highest BCUT2D eigenvalue weighted by molar-refractivity contribution is 9.10. The minimum Gasteiger partial charge on any atom is -0.495 e. The summed E-state index contributed by atoms with van der Waals surface area (Å²) >= 11 is 3.44. The maximum absolute atomic E-state index is 13.8. The van der Waals surface area contributed by atoms with Gasteiger partial charge in [0.15, 0.2) is 0 Å². The molecule has 2 aromatic rings. The first-order chi connectivity index (χ1) is 9.52. The molecule has 1 N–H and O–H groups in total. The van der Waals surface area contributed by atoms with Gasteiger partial charge in [-0.2, -0.15) is 0 Å². The van der Waals surface area contributed by atoms with Crippen LogP contribution in [-0.4, -0.2) is 7.11 Å². The summed E-state index contributed by atoms with van der Waals surface area (Å²) in [5, 5.41) is 3.33. The Morgan fingerprint density at radius 2 is 1.95 bits per heavy atom. The second-order valence-electron chi connectivity index (χ2n) is 4.69. The molecule has 0 fully saturated rings. The van der Waals surface area contributed by atoms with Gasteiger partial charge in [0.05, 0.1) is 18.8 Å². The fraction of sp³-hybridized carbons (Fsp3) is 0.250. The van der Waals surface area contributed by atoms with Gasteiger partial charge in [-0.25, -0.2) is 4.39 Å². The zero-order valence-corrected chi connectivity index (χ0v) is 13.3. The lowest BCUT2D eigenvalue weighted by Gasteiger charge is -2.20. The van der Waals surface area contributed by atoms with Crippen molar-refractivity contribution in [2.45, 2.75) is 19.9 Å². The van der Waals surface area contributed by atoms with Crippen molar-refractivity contribution < 1.29 is 9.13 Å². The predicted octanol–water partition coefficient (Wildman–Crippen LogP) is 5.08. The van der Waals surface area contributed by atoms with E-state index < -0.39 is 0 Å². The third-order valence-electron chi connectivity index (χ3n) is 3.22. The van der Waals surface area contributed by atoms with Crippen molar-refractivity contribution in [3.8, 4) is 5.75 Å². The summed E-state index contributed by atoms with van der Waals surface area (Å²) in [6.07, 6.45) is 0. The van der Waals surface area contributed by atoms with E-state index in [0.29, 0.717) is 5.56 Å². The second kappa shape index (κ2) is 6.27. The first-order valence-electron chi connectivity index (χ1n) is 6.38. The molecular weight excluding hydrogens is 321 g/mol. The van der Waals surface area contributed by atoms with Gasteiger partial charge in [-0.15, -0.1) is 0 Å². The fourth-order valence-corrected chi connectivity index (χ4v) is 2.73. The zero-order chi connectivity index (χ0) is 14.7. The number of benzene rings is 2. The summed E-state index contributed by atoms with van der Waals surface area (Å²) in [5.74, 6) is 0.529. The molecule has 0 saturated heterocycles. The summed E-state index contributed by atoms with van der Waals surface area (Å²) in [4.78, 5) is 0. The Labute approximate surface area is 127 Å². The monoisotopic (exact) mass is 337 g/mol. The molecule has 0 heterocycles. The number of anilines is 1. The molecule has 0 spiro atoms. The molecule has 0 amide bonds. The number of rotatable bonds is 4. The molecule has 0 radical (unpaired) electrons. The van der Waals surface area contributed by atoms with Gasteiger partial charge >= 0.3 is 0 Å². The third kappa shape index (κ3) is 3.12. The van der Waals surface area contributed by atoms with E-state index in [4.69, 9.17) is 4.74 Å². The molecule has 2 nitrogen and oxygen atoms in total. The van der Waals surface area contributed by atoms with E-state index in [-0.39, 0.29) is 11.9 Å². The number of halogens is 2. The molecule has 0 bridgehead atoms. The van der Waals surface area contributed by atoms with E-state index in [1.165, 1.54) is 6.07 Å². The first kappa shape index (κ1) is 14.9. The SMILES string of the molecule is COc1cc(Br)cc(C)c1NC(C)c1ccccc1F. The predicted molar refractivity (Wildman–Crippen MR) is 83.9 cm³/mol. The molecule has 2 aromatic carbocycles. The maximum atomic E-state index is 13.8. The molecule has 0 aromatic heterocycles. The van der Waals surface area contributed by atoms with Gasteiger partial charge in [-0.05, 0) is 37.6 Å². The molecule has 0 aliphatic carbocycles. The smallest absolute Gasteiger partial charge is 0.143 e. The molecule has 1 atom stereocenters. The van der Waals surface area contributed by atoms with Crippen LogP contribution in [0.3, 0.4) is 0 Å². The van der Waals surface area contributed by atoms with Crippen LogP contribution >= 0.6 is 15.9 Å². The molecule has 2 rings (SSSR count). The lowest BCUT2D eigenvalue weighted by molar-refractivity contribution is 0.415. The fourth-order valence-electron chi connectivity index (χ4n) is 2.18. The molecule has 1 unspecified atom stereocenters. The highest BCUT2D eigenvalue weighted by Crippen LogP contribution is 2.34. The van der Waals surface area contributed by atoms with E-state index in [2.05, 4.69) is 21.2 Å². The molecule has 0 aliphatic rings. The van der Waals surface area contributed by atoms with Crippen LogP contribution in [0.4, 0.5) is 10.1 Å². The summed E-state index contributed by atoms with van der Waals surface area (Å²) in [5.41, 5.74) is 2.56. The summed E-state index contributed by atoms with van der Waals surface area (Å²) in [6.45, 7) is 3.92. The maximum Gasteiger partial charge on any atom is 0.143 e. The highest BCUT2D eigenvalue weighted by atomic mass is 79.9. The highest BCUT2D eigenvalue weighted by Gasteiger charge is 2.14. The van der Waals surface area contributed by atoms with Crippen LogP contribution in [0.15, 0.2) is 40.9 Å². The van der Waals surface area contributed by atoms with Crippen LogP contribution in [0.1, 0.15) is 24.1 Å². The van der Waals surface area contributed by atoms with E-state index >= 15 is 0 Å². The first-order valence-corrected chi connectivity index (χ1v) is 7.17. The average Bonchev–Trinajstić information content (AvgIpc) is 2.41. The van der Waals surface area contributed by atoms with E-state index in [9.17, 15) is 4.39 Å². The van der Waals surface area contributed by atoms with Gasteiger partial charge < -0.3 is 10.1 Å². The lowest BCUT2D eigenvalue weighted by Crippen LogP contribution is -2.10. The Kier molecular flexibility index (Phi) is 4.65. The molecule has 106 valence electrons. The van der Waals surface area contributed by atoms with Gasteiger partial charge in [0.2, 0.25) is 0 Å². The number of nitrogens with one attached hydrogen (secondary N) is 1. The number of methoxy groups -OCH3 is 1. The average molecular weight is 338 g/mol. The number of ether oxygens (including phenoxy) is 1. The van der Waals surface area contributed by atoms with Crippen LogP contribution in [-0.2, 0) is 0 Å². The second-order valence-corrected chi connectivity index (χ2v) is 5.60. The number of hydrogen-bond donors (Lipinski definition) is 1. The van der Waals surface area contributed by atoms with Crippen molar-refractivity contribution in [2.24, 2.45) is 0 Å². The van der Waals surface area contributed by atoms with Gasteiger partial charge in [0.25, 0.3) is 0 Å². The molecule has 0 aliphatic heterocycles. The topological polar surface area (TPSA) is 21.3 Å². The minimum absolute atomic E-state index is 0.148. The van der Waals surface area contributed by atoms with Gasteiger partial charge in [-0.1, -0.05) is 34.1 Å². The van der Waals surface area contributed by atoms with Gasteiger partial charge in [-0.3, -0.25) is 0 Å². The van der Waals surface area contributed by atoms with Crippen LogP contribution in [0.2, 0.25) is 0 Å². The van der Waals surface area contributed by atoms with Crippen LogP contribution in [0, 0.1) is 12.7 Å². The van der Waals surface area contributed by atoms with E-state index in [1.54, 1.807) is 19.2 Å². The summed E-state index contributed by atoms with van der Waals surface area (Å²) in [7, 11) is 1.63. The molecule has 20 heavy (non-hydrogen) atoms. The minimum atomic E-state index is -0.207. The number of aryl methyl sites for hydroxylation is 1. The standard InChI is InChI=1S/C16H17BrFNO/c1-10-8-12(17)9-15(20-3)16(10)19-11(2)13-6-4-5-7-14(13)18/h4-9,11,19H,1-3H3. The normalized spacial score (nSPS) is 12.1. The van der Waals surface area contributed by atoms with Gasteiger partial charge in [0, 0.05) is 10.0 Å². The number of hydrogen-bond acceptors (Lipinski definition) is 2.